The molecule has 5 rings (SSSR count). The average molecular weight is 294 g/mol. The van der Waals surface area contributed by atoms with Gasteiger partial charge < -0.3 is 4.98 Å². The fourth-order valence-corrected chi connectivity index (χ4v) is 4.42. The Kier molecular flexibility index (Phi) is 3.57. The predicted octanol–water partition coefficient (Wildman–Crippen LogP) is 4.31. The summed E-state index contributed by atoms with van der Waals surface area (Å²) in [6.07, 6.45) is 11.0. The molecular weight excluding hydrogens is 268 g/mol. The molecule has 116 valence electrons. The molecule has 2 bridgehead atoms. The van der Waals surface area contributed by atoms with E-state index in [-0.39, 0.29) is 0 Å². The van der Waals surface area contributed by atoms with E-state index in [1.165, 1.54) is 48.0 Å². The molecule has 3 heterocycles. The second kappa shape index (κ2) is 5.58. The molecule has 3 aliphatic rings. The Morgan fingerprint density at radius 1 is 1.27 bits per heavy atom. The third-order valence-electron chi connectivity index (χ3n) is 5.68. The lowest BCUT2D eigenvalue weighted by atomic mass is 9.76. The fourth-order valence-electron chi connectivity index (χ4n) is 4.42. The van der Waals surface area contributed by atoms with Crippen LogP contribution in [-0.4, -0.2) is 29.0 Å². The van der Waals surface area contributed by atoms with Gasteiger partial charge >= 0.3 is 0 Å². The summed E-state index contributed by atoms with van der Waals surface area (Å²) in [5, 5.41) is 1.41. The van der Waals surface area contributed by atoms with E-state index in [1.807, 2.05) is 0 Å². The van der Waals surface area contributed by atoms with Crippen LogP contribution in [0.15, 0.2) is 36.5 Å². The molecule has 3 atom stereocenters. The summed E-state index contributed by atoms with van der Waals surface area (Å²) in [5.74, 6) is 1.66. The summed E-state index contributed by atoms with van der Waals surface area (Å²) in [5.41, 5.74) is 4.09. The quantitative estimate of drug-likeness (QED) is 0.833. The van der Waals surface area contributed by atoms with E-state index in [2.05, 4.69) is 60.3 Å². The smallest absolute Gasteiger partial charge is 0.0456 e. The molecule has 1 fully saturated rings. The third-order valence-corrected chi connectivity index (χ3v) is 5.68. The summed E-state index contributed by atoms with van der Waals surface area (Å²) < 4.78 is 0. The van der Waals surface area contributed by atoms with Gasteiger partial charge in [-0.25, -0.2) is 0 Å². The van der Waals surface area contributed by atoms with E-state index < -0.39 is 0 Å². The van der Waals surface area contributed by atoms with Gasteiger partial charge in [0, 0.05) is 36.2 Å². The molecule has 0 saturated carbocycles. The molecule has 2 nitrogen and oxygen atoms in total. The first-order valence-electron chi connectivity index (χ1n) is 8.73. The van der Waals surface area contributed by atoms with Crippen LogP contribution in [0.1, 0.15) is 30.9 Å². The van der Waals surface area contributed by atoms with E-state index in [0.717, 1.165) is 18.3 Å². The van der Waals surface area contributed by atoms with E-state index >= 15 is 0 Å². The van der Waals surface area contributed by atoms with Crippen LogP contribution in [0.25, 0.3) is 10.9 Å². The van der Waals surface area contributed by atoms with Crippen LogP contribution in [-0.2, 0) is 6.42 Å². The SMILES string of the molecule is CCC1CC2C=CC1N(CCc1c[nH]c3ccc(C)cc13)C2. The van der Waals surface area contributed by atoms with Crippen molar-refractivity contribution in [2.24, 2.45) is 11.8 Å². The van der Waals surface area contributed by atoms with Crippen LogP contribution in [0.2, 0.25) is 0 Å². The Morgan fingerprint density at radius 3 is 3.00 bits per heavy atom. The van der Waals surface area contributed by atoms with Gasteiger partial charge in [0.15, 0.2) is 0 Å². The van der Waals surface area contributed by atoms with Crippen molar-refractivity contribution >= 4 is 10.9 Å². The number of piperidine rings is 1. The summed E-state index contributed by atoms with van der Waals surface area (Å²) >= 11 is 0. The monoisotopic (exact) mass is 294 g/mol. The molecule has 1 saturated heterocycles. The lowest BCUT2D eigenvalue weighted by Crippen LogP contribution is -2.50. The molecule has 2 aromatic rings. The van der Waals surface area contributed by atoms with Crippen molar-refractivity contribution in [2.45, 2.75) is 39.2 Å². The van der Waals surface area contributed by atoms with Crippen molar-refractivity contribution in [3.8, 4) is 0 Å². The number of aryl methyl sites for hydroxylation is 1. The number of nitrogens with zero attached hydrogens (tertiary/aromatic N) is 1. The Hall–Kier alpha value is -1.54. The van der Waals surface area contributed by atoms with Crippen molar-refractivity contribution < 1.29 is 0 Å². The largest absolute Gasteiger partial charge is 0.361 e. The Bertz CT molecular complexity index is 697. The molecule has 1 aliphatic carbocycles. The first kappa shape index (κ1) is 14.1. The fraction of sp³-hybridized carbons (Fsp3) is 0.500. The van der Waals surface area contributed by atoms with Gasteiger partial charge in [-0.05, 0) is 49.3 Å². The molecule has 22 heavy (non-hydrogen) atoms. The minimum absolute atomic E-state index is 0.682. The van der Waals surface area contributed by atoms with Crippen LogP contribution >= 0.6 is 0 Å². The molecule has 0 spiro atoms. The maximum absolute atomic E-state index is 3.42. The van der Waals surface area contributed by atoms with E-state index in [4.69, 9.17) is 0 Å². The molecule has 1 aromatic carbocycles. The van der Waals surface area contributed by atoms with Gasteiger partial charge in [-0.2, -0.15) is 0 Å². The molecule has 2 heteroatoms. The molecule has 0 amide bonds. The number of rotatable bonds is 4. The van der Waals surface area contributed by atoms with Gasteiger partial charge in [0.2, 0.25) is 0 Å². The highest BCUT2D eigenvalue weighted by molar-refractivity contribution is 5.83. The van der Waals surface area contributed by atoms with Crippen LogP contribution in [0.5, 0.6) is 0 Å². The van der Waals surface area contributed by atoms with Crippen molar-refractivity contribution in [3.63, 3.8) is 0 Å². The minimum atomic E-state index is 0.682. The highest BCUT2D eigenvalue weighted by atomic mass is 15.2. The summed E-state index contributed by atoms with van der Waals surface area (Å²) in [4.78, 5) is 6.14. The molecule has 2 aliphatic heterocycles. The number of hydrogen-bond donors (Lipinski definition) is 1. The highest BCUT2D eigenvalue weighted by Gasteiger charge is 2.35. The topological polar surface area (TPSA) is 19.0 Å². The molecular formula is C20H26N2. The lowest BCUT2D eigenvalue weighted by Gasteiger charge is -2.46. The van der Waals surface area contributed by atoms with Crippen molar-refractivity contribution in [1.82, 2.24) is 9.88 Å². The zero-order chi connectivity index (χ0) is 15.1. The third kappa shape index (κ3) is 2.40. The average Bonchev–Trinajstić information content (AvgIpc) is 2.95. The number of H-pyrrole nitrogens is 1. The number of hydrogen-bond acceptors (Lipinski definition) is 1. The number of nitrogens with one attached hydrogen (secondary N) is 1. The highest BCUT2D eigenvalue weighted by Crippen LogP contribution is 2.36. The predicted molar refractivity (Wildman–Crippen MR) is 93.1 cm³/mol. The van der Waals surface area contributed by atoms with Crippen LogP contribution in [0.4, 0.5) is 0 Å². The summed E-state index contributed by atoms with van der Waals surface area (Å²) in [6, 6.07) is 7.38. The van der Waals surface area contributed by atoms with Crippen molar-refractivity contribution in [1.29, 1.82) is 0 Å². The second-order valence-corrected chi connectivity index (χ2v) is 7.15. The zero-order valence-corrected chi connectivity index (χ0v) is 13.7. The van der Waals surface area contributed by atoms with E-state index in [0.29, 0.717) is 6.04 Å². The molecule has 3 unspecified atom stereocenters. The van der Waals surface area contributed by atoms with E-state index in [1.54, 1.807) is 0 Å². The number of aromatic amines is 1. The minimum Gasteiger partial charge on any atom is -0.361 e. The number of aromatic nitrogens is 1. The van der Waals surface area contributed by atoms with Crippen LogP contribution in [0, 0.1) is 18.8 Å². The van der Waals surface area contributed by atoms with Crippen molar-refractivity contribution in [2.75, 3.05) is 13.1 Å². The van der Waals surface area contributed by atoms with Gasteiger partial charge in [0.05, 0.1) is 0 Å². The Morgan fingerprint density at radius 2 is 2.18 bits per heavy atom. The first-order chi connectivity index (χ1) is 10.7. The number of fused-ring (bicyclic) bond motifs is 3. The Balaban J connectivity index is 1.50. The number of benzene rings is 1. The van der Waals surface area contributed by atoms with Gasteiger partial charge in [0.25, 0.3) is 0 Å². The molecule has 1 aromatic heterocycles. The molecule has 0 radical (unpaired) electrons. The maximum atomic E-state index is 3.42. The van der Waals surface area contributed by atoms with Crippen molar-refractivity contribution in [3.05, 3.63) is 47.7 Å². The maximum Gasteiger partial charge on any atom is 0.0456 e. The van der Waals surface area contributed by atoms with Gasteiger partial charge in [-0.1, -0.05) is 37.1 Å². The van der Waals surface area contributed by atoms with Gasteiger partial charge in [-0.3, -0.25) is 4.90 Å². The summed E-state index contributed by atoms with van der Waals surface area (Å²) in [7, 11) is 0. The van der Waals surface area contributed by atoms with Gasteiger partial charge in [0.1, 0.15) is 0 Å². The van der Waals surface area contributed by atoms with Gasteiger partial charge in [-0.15, -0.1) is 0 Å². The first-order valence-corrected chi connectivity index (χ1v) is 8.73. The lowest BCUT2D eigenvalue weighted by molar-refractivity contribution is 0.0826. The molecule has 1 N–H and O–H groups in total. The van der Waals surface area contributed by atoms with Crippen LogP contribution < -0.4 is 0 Å². The second-order valence-electron chi connectivity index (χ2n) is 7.15. The Labute approximate surface area is 133 Å². The standard InChI is InChI=1S/C20H26N2/c1-3-16-11-15-5-7-20(16)22(13-15)9-8-17-12-21-19-6-4-14(2)10-18(17)19/h4-7,10,12,15-16,20-21H,3,8-9,11,13H2,1-2H3. The van der Waals surface area contributed by atoms with Crippen LogP contribution in [0.3, 0.4) is 0 Å². The summed E-state index contributed by atoms with van der Waals surface area (Å²) in [6.45, 7) is 6.97. The van der Waals surface area contributed by atoms with E-state index in [9.17, 15) is 0 Å². The zero-order valence-electron chi connectivity index (χ0n) is 13.7. The normalized spacial score (nSPS) is 27.8.